The van der Waals surface area contributed by atoms with Crippen molar-refractivity contribution in [2.24, 2.45) is 34.0 Å². The molecule has 5 saturated carbocycles. The van der Waals surface area contributed by atoms with E-state index in [-0.39, 0.29) is 11.5 Å². The molecule has 7 aliphatic rings. The van der Waals surface area contributed by atoms with Crippen molar-refractivity contribution in [2.75, 3.05) is 19.7 Å². The average molecular weight is 344 g/mol. The van der Waals surface area contributed by atoms with Crippen LogP contribution in [0.25, 0.3) is 0 Å². The third kappa shape index (κ3) is 1.62. The molecule has 2 aliphatic heterocycles. The van der Waals surface area contributed by atoms with Crippen LogP contribution in [0.15, 0.2) is 12.2 Å². The average Bonchev–Trinajstić information content (AvgIpc) is 3.06. The molecule has 0 aromatic rings. The van der Waals surface area contributed by atoms with E-state index in [1.54, 1.807) is 0 Å². The van der Waals surface area contributed by atoms with Crippen LogP contribution in [0.3, 0.4) is 0 Å². The summed E-state index contributed by atoms with van der Waals surface area (Å²) in [5.41, 5.74) is 2.02. The normalized spacial score (nSPS) is 60.1. The van der Waals surface area contributed by atoms with Gasteiger partial charge >= 0.3 is 0 Å². The summed E-state index contributed by atoms with van der Waals surface area (Å²) in [6, 6.07) is 0. The van der Waals surface area contributed by atoms with Crippen LogP contribution >= 0.6 is 0 Å². The van der Waals surface area contributed by atoms with Gasteiger partial charge in [0.05, 0.1) is 12.7 Å². The fraction of sp³-hybridized carbons (Fsp3) is 0.909. The third-order valence-electron chi connectivity index (χ3n) is 10.00. The topological polar surface area (TPSA) is 32.7 Å². The number of fused-ring (bicyclic) bond motifs is 3. The lowest BCUT2D eigenvalue weighted by atomic mass is 9.34. The van der Waals surface area contributed by atoms with Crippen LogP contribution in [0.5, 0.6) is 0 Å². The Labute approximate surface area is 151 Å². The van der Waals surface area contributed by atoms with E-state index < -0.39 is 0 Å². The molecule has 4 bridgehead atoms. The molecule has 7 fully saturated rings. The minimum atomic E-state index is -0.259. The van der Waals surface area contributed by atoms with Crippen LogP contribution in [0.2, 0.25) is 0 Å². The summed E-state index contributed by atoms with van der Waals surface area (Å²) in [4.78, 5) is 2.69. The lowest BCUT2D eigenvalue weighted by Crippen LogP contribution is -2.73. The van der Waals surface area contributed by atoms with Gasteiger partial charge in [-0.3, -0.25) is 4.90 Å². The van der Waals surface area contributed by atoms with Gasteiger partial charge in [-0.25, -0.2) is 0 Å². The van der Waals surface area contributed by atoms with E-state index in [4.69, 9.17) is 4.74 Å². The Morgan fingerprint density at radius 1 is 1.16 bits per heavy atom. The summed E-state index contributed by atoms with van der Waals surface area (Å²) in [7, 11) is 0. The maximum absolute atomic E-state index is 11.3. The first-order chi connectivity index (χ1) is 12.0. The monoisotopic (exact) mass is 343 g/mol. The number of nitrogens with zero attached hydrogens (tertiary/aromatic N) is 1. The molecule has 1 N–H and O–H groups in total. The van der Waals surface area contributed by atoms with Crippen molar-refractivity contribution in [3.05, 3.63) is 12.2 Å². The van der Waals surface area contributed by atoms with Crippen LogP contribution in [0, 0.1) is 34.0 Å². The highest BCUT2D eigenvalue weighted by molar-refractivity contribution is 5.28. The lowest BCUT2D eigenvalue weighted by molar-refractivity contribution is -0.290. The van der Waals surface area contributed by atoms with E-state index in [9.17, 15) is 5.11 Å². The van der Waals surface area contributed by atoms with Gasteiger partial charge in [0, 0.05) is 23.9 Å². The van der Waals surface area contributed by atoms with Gasteiger partial charge in [-0.15, -0.1) is 0 Å². The van der Waals surface area contributed by atoms with Crippen LogP contribution < -0.4 is 0 Å². The highest BCUT2D eigenvalue weighted by Crippen LogP contribution is 2.75. The van der Waals surface area contributed by atoms with Crippen LogP contribution in [0.1, 0.15) is 58.3 Å². The summed E-state index contributed by atoms with van der Waals surface area (Å²) in [5.74, 6) is 1.99. The van der Waals surface area contributed by atoms with Crippen molar-refractivity contribution >= 4 is 0 Å². The van der Waals surface area contributed by atoms with Gasteiger partial charge in [0.2, 0.25) is 0 Å². The molecular formula is C22H33NO2. The van der Waals surface area contributed by atoms with E-state index in [0.717, 1.165) is 24.6 Å². The Hall–Kier alpha value is -0.380. The second-order valence-corrected chi connectivity index (χ2v) is 10.6. The molecule has 25 heavy (non-hydrogen) atoms. The second kappa shape index (κ2) is 4.72. The molecule has 1 spiro atoms. The molecule has 2 heterocycles. The van der Waals surface area contributed by atoms with E-state index >= 15 is 0 Å². The maximum Gasteiger partial charge on any atom is 0.117 e. The van der Waals surface area contributed by atoms with Gasteiger partial charge in [-0.2, -0.15) is 0 Å². The Bertz CT molecular complexity index is 634. The molecule has 0 radical (unpaired) electrons. The number of piperidine rings is 1. The lowest BCUT2D eigenvalue weighted by Gasteiger charge is -2.73. The third-order valence-corrected chi connectivity index (χ3v) is 10.00. The van der Waals surface area contributed by atoms with E-state index in [1.165, 1.54) is 57.9 Å². The van der Waals surface area contributed by atoms with Gasteiger partial charge in [0.1, 0.15) is 6.23 Å². The van der Waals surface area contributed by atoms with Crippen molar-refractivity contribution in [2.45, 2.75) is 70.6 Å². The summed E-state index contributed by atoms with van der Waals surface area (Å²) < 4.78 is 6.49. The fourth-order valence-corrected chi connectivity index (χ4v) is 9.23. The molecule has 0 aromatic carbocycles. The zero-order chi connectivity index (χ0) is 17.0. The summed E-state index contributed by atoms with van der Waals surface area (Å²) >= 11 is 0. The Kier molecular flexibility index (Phi) is 2.95. The Morgan fingerprint density at radius 2 is 2.00 bits per heavy atom. The molecule has 3 nitrogen and oxygen atoms in total. The molecule has 8 atom stereocenters. The van der Waals surface area contributed by atoms with Crippen molar-refractivity contribution in [3.63, 3.8) is 0 Å². The minimum absolute atomic E-state index is 0.107. The highest BCUT2D eigenvalue weighted by Gasteiger charge is 2.73. The Morgan fingerprint density at radius 3 is 2.88 bits per heavy atom. The number of hydrogen-bond acceptors (Lipinski definition) is 3. The quantitative estimate of drug-likeness (QED) is 0.683. The first-order valence-corrected chi connectivity index (χ1v) is 10.7. The zero-order valence-electron chi connectivity index (χ0n) is 15.7. The summed E-state index contributed by atoms with van der Waals surface area (Å²) in [5, 5.41) is 11.3. The first kappa shape index (κ1) is 15.7. The molecule has 138 valence electrons. The van der Waals surface area contributed by atoms with Gasteiger partial charge in [-0.05, 0) is 73.7 Å². The first-order valence-electron chi connectivity index (χ1n) is 10.7. The Balaban J connectivity index is 1.53. The molecule has 5 aliphatic carbocycles. The standard InChI is InChI=1S/C22H33NO2/c1-14-15-4-8-21(18(14)24)9-5-16-20(2)6-3-7-22(16,17(21)12-15)19-23(13-20)10-11-25-19/h15-19,24H,1,3-13H2,2H3/t15-,16+,17+,18-,19?,20-,21-,22-/m0/s1. The predicted octanol–water partition coefficient (Wildman–Crippen LogP) is 3.58. The van der Waals surface area contributed by atoms with Crippen LogP contribution in [-0.2, 0) is 4.74 Å². The molecule has 0 aromatic heterocycles. The smallest absolute Gasteiger partial charge is 0.117 e. The van der Waals surface area contributed by atoms with Crippen molar-refractivity contribution in [1.29, 1.82) is 0 Å². The van der Waals surface area contributed by atoms with E-state index in [1.807, 2.05) is 0 Å². The maximum atomic E-state index is 11.3. The molecular weight excluding hydrogens is 310 g/mol. The highest BCUT2D eigenvalue weighted by atomic mass is 16.5. The predicted molar refractivity (Wildman–Crippen MR) is 96.8 cm³/mol. The number of rotatable bonds is 0. The zero-order valence-corrected chi connectivity index (χ0v) is 15.7. The van der Waals surface area contributed by atoms with Gasteiger partial charge < -0.3 is 9.84 Å². The number of ether oxygens (including phenoxy) is 1. The molecule has 3 heteroatoms. The molecule has 1 unspecified atom stereocenters. The van der Waals surface area contributed by atoms with E-state index in [2.05, 4.69) is 18.4 Å². The number of hydrogen-bond donors (Lipinski definition) is 1. The largest absolute Gasteiger partial charge is 0.388 e. The van der Waals surface area contributed by atoms with E-state index in [0.29, 0.717) is 28.9 Å². The minimum Gasteiger partial charge on any atom is -0.388 e. The SMILES string of the molecule is C=C1[C@H]2CC[C@@]3(CC[C@@H]4[C@@]5(C)CCC[C@@]4(C4OCCN4C5)[C@@H]3C2)[C@H]1O. The fourth-order valence-electron chi connectivity index (χ4n) is 9.23. The van der Waals surface area contributed by atoms with Crippen LogP contribution in [-0.4, -0.2) is 42.0 Å². The molecule has 7 rings (SSSR count). The van der Waals surface area contributed by atoms with Crippen molar-refractivity contribution in [3.8, 4) is 0 Å². The van der Waals surface area contributed by atoms with Gasteiger partial charge in [0.25, 0.3) is 0 Å². The van der Waals surface area contributed by atoms with Crippen molar-refractivity contribution in [1.82, 2.24) is 4.90 Å². The second-order valence-electron chi connectivity index (χ2n) is 10.6. The van der Waals surface area contributed by atoms with Crippen molar-refractivity contribution < 1.29 is 9.84 Å². The van der Waals surface area contributed by atoms with Crippen LogP contribution in [0.4, 0.5) is 0 Å². The number of aliphatic hydroxyl groups excluding tert-OH is 1. The summed E-state index contributed by atoms with van der Waals surface area (Å²) in [6.45, 7) is 10.2. The van der Waals surface area contributed by atoms with Gasteiger partial charge in [-0.1, -0.05) is 19.9 Å². The molecule has 2 saturated heterocycles. The van der Waals surface area contributed by atoms with Gasteiger partial charge in [0.15, 0.2) is 0 Å². The summed E-state index contributed by atoms with van der Waals surface area (Å²) in [6.07, 6.45) is 10.4. The number of aliphatic hydroxyl groups is 1. The molecule has 0 amide bonds.